The first-order valence-corrected chi connectivity index (χ1v) is 6.11. The van der Waals surface area contributed by atoms with E-state index in [1.165, 1.54) is 11.3 Å². The molecule has 5 heteroatoms. The number of thiazole rings is 1. The Morgan fingerprint density at radius 1 is 1.50 bits per heavy atom. The lowest BCUT2D eigenvalue weighted by atomic mass is 10.2. The Labute approximate surface area is 100 Å². The minimum absolute atomic E-state index is 0.345. The topological polar surface area (TPSA) is 51.2 Å². The largest absolute Gasteiger partial charge is 0.444 e. The summed E-state index contributed by atoms with van der Waals surface area (Å²) in [6.07, 6.45) is -0.458. The number of hydrogen-bond donors (Lipinski definition) is 1. The van der Waals surface area contributed by atoms with Gasteiger partial charge in [-0.05, 0) is 26.7 Å². The molecule has 0 atom stereocenters. The van der Waals surface area contributed by atoms with Crippen LogP contribution in [0.15, 0.2) is 5.51 Å². The zero-order valence-corrected chi connectivity index (χ0v) is 11.1. The molecular formula is C11H18N2O2S. The van der Waals surface area contributed by atoms with Crippen LogP contribution in [-0.4, -0.2) is 16.7 Å². The standard InChI is InChI=1S/C11H18N2O2S/c1-7(2)8-9(12-6-16-8)13-10(14)15-11(3,4)5/h6-7H,1-5H3,(H,13,14). The Morgan fingerprint density at radius 2 is 2.12 bits per heavy atom. The van der Waals surface area contributed by atoms with Crippen molar-refractivity contribution in [3.8, 4) is 0 Å². The maximum atomic E-state index is 11.5. The number of rotatable bonds is 2. The summed E-state index contributed by atoms with van der Waals surface area (Å²) in [7, 11) is 0. The smallest absolute Gasteiger partial charge is 0.413 e. The second-order valence-electron chi connectivity index (χ2n) is 4.85. The second-order valence-corrected chi connectivity index (χ2v) is 5.73. The van der Waals surface area contributed by atoms with Crippen LogP contribution in [0.4, 0.5) is 10.6 Å². The lowest BCUT2D eigenvalue weighted by Gasteiger charge is -2.19. The van der Waals surface area contributed by atoms with Gasteiger partial charge >= 0.3 is 6.09 Å². The number of nitrogens with zero attached hydrogens (tertiary/aromatic N) is 1. The predicted molar refractivity (Wildman–Crippen MR) is 66.1 cm³/mol. The molecule has 1 aromatic heterocycles. The van der Waals surface area contributed by atoms with Gasteiger partial charge in [0.15, 0.2) is 0 Å². The van der Waals surface area contributed by atoms with E-state index in [9.17, 15) is 4.79 Å². The molecule has 1 heterocycles. The third-order valence-electron chi connectivity index (χ3n) is 1.74. The molecule has 16 heavy (non-hydrogen) atoms. The number of anilines is 1. The highest BCUT2D eigenvalue weighted by molar-refractivity contribution is 7.10. The summed E-state index contributed by atoms with van der Waals surface area (Å²) in [6, 6.07) is 0. The summed E-state index contributed by atoms with van der Waals surface area (Å²) < 4.78 is 5.16. The van der Waals surface area contributed by atoms with Gasteiger partial charge in [-0.25, -0.2) is 9.78 Å². The lowest BCUT2D eigenvalue weighted by molar-refractivity contribution is 0.0635. The second kappa shape index (κ2) is 4.82. The minimum Gasteiger partial charge on any atom is -0.444 e. The summed E-state index contributed by atoms with van der Waals surface area (Å²) in [5, 5.41) is 2.67. The fraction of sp³-hybridized carbons (Fsp3) is 0.636. The van der Waals surface area contributed by atoms with Gasteiger partial charge in [0.25, 0.3) is 0 Å². The van der Waals surface area contributed by atoms with E-state index in [-0.39, 0.29) is 0 Å². The third-order valence-corrected chi connectivity index (χ3v) is 2.87. The fourth-order valence-corrected chi connectivity index (χ4v) is 1.92. The zero-order chi connectivity index (χ0) is 12.3. The summed E-state index contributed by atoms with van der Waals surface area (Å²) >= 11 is 1.54. The van der Waals surface area contributed by atoms with Crippen LogP contribution < -0.4 is 5.32 Å². The molecule has 1 N–H and O–H groups in total. The molecule has 0 aromatic carbocycles. The van der Waals surface area contributed by atoms with Crippen LogP contribution in [0.2, 0.25) is 0 Å². The van der Waals surface area contributed by atoms with Crippen LogP contribution in [0.3, 0.4) is 0 Å². The van der Waals surface area contributed by atoms with E-state index in [0.29, 0.717) is 11.7 Å². The molecule has 4 nitrogen and oxygen atoms in total. The average Bonchev–Trinajstić information content (AvgIpc) is 2.47. The first-order chi connectivity index (χ1) is 7.29. The van der Waals surface area contributed by atoms with E-state index in [4.69, 9.17) is 4.74 Å². The van der Waals surface area contributed by atoms with Crippen molar-refractivity contribution >= 4 is 23.2 Å². The van der Waals surface area contributed by atoms with Crippen LogP contribution >= 0.6 is 11.3 Å². The number of amides is 1. The van der Waals surface area contributed by atoms with Crippen molar-refractivity contribution in [2.45, 2.75) is 46.1 Å². The van der Waals surface area contributed by atoms with E-state index in [2.05, 4.69) is 24.1 Å². The Morgan fingerprint density at radius 3 is 2.62 bits per heavy atom. The molecular weight excluding hydrogens is 224 g/mol. The fourth-order valence-electron chi connectivity index (χ4n) is 1.16. The van der Waals surface area contributed by atoms with Crippen LogP contribution in [0.5, 0.6) is 0 Å². The molecule has 0 aliphatic heterocycles. The van der Waals surface area contributed by atoms with Crippen LogP contribution in [-0.2, 0) is 4.74 Å². The van der Waals surface area contributed by atoms with Crippen molar-refractivity contribution < 1.29 is 9.53 Å². The minimum atomic E-state index is -0.488. The number of hydrogen-bond acceptors (Lipinski definition) is 4. The van der Waals surface area contributed by atoms with E-state index in [1.807, 2.05) is 20.8 Å². The van der Waals surface area contributed by atoms with Gasteiger partial charge < -0.3 is 4.74 Å². The number of nitrogens with one attached hydrogen (secondary N) is 1. The quantitative estimate of drug-likeness (QED) is 0.861. The molecule has 90 valence electrons. The van der Waals surface area contributed by atoms with Crippen molar-refractivity contribution in [3.05, 3.63) is 10.4 Å². The van der Waals surface area contributed by atoms with E-state index in [1.54, 1.807) is 5.51 Å². The molecule has 0 spiro atoms. The summed E-state index contributed by atoms with van der Waals surface area (Å²) in [5.41, 5.74) is 1.24. The van der Waals surface area contributed by atoms with Gasteiger partial charge in [0, 0.05) is 0 Å². The monoisotopic (exact) mass is 242 g/mol. The highest BCUT2D eigenvalue weighted by Gasteiger charge is 2.18. The van der Waals surface area contributed by atoms with Gasteiger partial charge in [0.05, 0.1) is 10.4 Å². The maximum Gasteiger partial charge on any atom is 0.413 e. The maximum absolute atomic E-state index is 11.5. The molecule has 0 unspecified atom stereocenters. The molecule has 0 bridgehead atoms. The lowest BCUT2D eigenvalue weighted by Crippen LogP contribution is -2.27. The number of aromatic nitrogens is 1. The van der Waals surface area contributed by atoms with Crippen LogP contribution in [0.1, 0.15) is 45.4 Å². The van der Waals surface area contributed by atoms with Crippen molar-refractivity contribution in [3.63, 3.8) is 0 Å². The van der Waals surface area contributed by atoms with Gasteiger partial charge in [-0.1, -0.05) is 13.8 Å². The van der Waals surface area contributed by atoms with Crippen molar-refractivity contribution in [2.24, 2.45) is 0 Å². The average molecular weight is 242 g/mol. The first kappa shape index (κ1) is 13.0. The Hall–Kier alpha value is -1.10. The van der Waals surface area contributed by atoms with Crippen LogP contribution in [0.25, 0.3) is 0 Å². The number of carbonyl (C=O) groups is 1. The van der Waals surface area contributed by atoms with Gasteiger partial charge in [-0.3, -0.25) is 5.32 Å². The SMILES string of the molecule is CC(C)c1scnc1NC(=O)OC(C)(C)C. The molecule has 1 amide bonds. The molecule has 0 saturated heterocycles. The third kappa shape index (κ3) is 3.81. The van der Waals surface area contributed by atoms with Crippen molar-refractivity contribution in [2.75, 3.05) is 5.32 Å². The molecule has 0 saturated carbocycles. The molecule has 1 aromatic rings. The highest BCUT2D eigenvalue weighted by atomic mass is 32.1. The van der Waals surface area contributed by atoms with E-state index < -0.39 is 11.7 Å². The highest BCUT2D eigenvalue weighted by Crippen LogP contribution is 2.27. The Kier molecular flexibility index (Phi) is 3.91. The molecule has 0 aliphatic rings. The Balaban J connectivity index is 2.67. The summed E-state index contributed by atoms with van der Waals surface area (Å²) in [5.74, 6) is 0.951. The van der Waals surface area contributed by atoms with Gasteiger partial charge in [0.1, 0.15) is 11.4 Å². The zero-order valence-electron chi connectivity index (χ0n) is 10.3. The number of carbonyl (C=O) groups excluding carboxylic acids is 1. The summed E-state index contributed by atoms with van der Waals surface area (Å²) in [4.78, 5) is 16.7. The van der Waals surface area contributed by atoms with E-state index in [0.717, 1.165) is 4.88 Å². The van der Waals surface area contributed by atoms with Gasteiger partial charge in [-0.2, -0.15) is 0 Å². The number of ether oxygens (including phenoxy) is 1. The first-order valence-electron chi connectivity index (χ1n) is 5.23. The molecule has 0 radical (unpaired) electrons. The van der Waals surface area contributed by atoms with Gasteiger partial charge in [-0.15, -0.1) is 11.3 Å². The van der Waals surface area contributed by atoms with Crippen LogP contribution in [0, 0.1) is 0 Å². The van der Waals surface area contributed by atoms with Crippen molar-refractivity contribution in [1.82, 2.24) is 4.98 Å². The predicted octanol–water partition coefficient (Wildman–Crippen LogP) is 3.61. The summed E-state index contributed by atoms with van der Waals surface area (Å²) in [6.45, 7) is 9.62. The molecule has 0 aliphatic carbocycles. The molecule has 0 fully saturated rings. The Bertz CT molecular complexity index is 366. The normalized spacial score (nSPS) is 11.6. The van der Waals surface area contributed by atoms with Gasteiger partial charge in [0.2, 0.25) is 0 Å². The molecule has 1 rings (SSSR count). The van der Waals surface area contributed by atoms with Crippen molar-refractivity contribution in [1.29, 1.82) is 0 Å². The van der Waals surface area contributed by atoms with E-state index >= 15 is 0 Å².